The lowest BCUT2D eigenvalue weighted by molar-refractivity contribution is 0.628. The second-order valence-corrected chi connectivity index (χ2v) is 4.11. The molecule has 0 radical (unpaired) electrons. The molecule has 88 valence electrons. The minimum absolute atomic E-state index is 0.0821. The summed E-state index contributed by atoms with van der Waals surface area (Å²) >= 11 is 0. The first-order chi connectivity index (χ1) is 8.15. The normalized spacial score (nSPS) is 12.4. The molecule has 3 nitrogen and oxygen atoms in total. The van der Waals surface area contributed by atoms with Crippen LogP contribution in [0.5, 0.6) is 0 Å². The van der Waals surface area contributed by atoms with Gasteiger partial charge in [0.2, 0.25) is 0 Å². The van der Waals surface area contributed by atoms with Crippen molar-refractivity contribution in [2.75, 3.05) is 0 Å². The van der Waals surface area contributed by atoms with Crippen LogP contribution in [0.15, 0.2) is 36.7 Å². The summed E-state index contributed by atoms with van der Waals surface area (Å²) in [7, 11) is 0. The molecule has 1 aromatic carbocycles. The van der Waals surface area contributed by atoms with Crippen molar-refractivity contribution in [1.82, 2.24) is 9.97 Å². The molecule has 1 unspecified atom stereocenters. The second-order valence-electron chi connectivity index (χ2n) is 4.11. The van der Waals surface area contributed by atoms with Crippen LogP contribution in [0.4, 0.5) is 4.39 Å². The van der Waals surface area contributed by atoms with Crippen LogP contribution in [0.3, 0.4) is 0 Å². The maximum atomic E-state index is 13.0. The van der Waals surface area contributed by atoms with Gasteiger partial charge >= 0.3 is 0 Å². The molecular formula is C13H14FN3. The van der Waals surface area contributed by atoms with Crippen molar-refractivity contribution in [2.45, 2.75) is 19.4 Å². The van der Waals surface area contributed by atoms with Crippen molar-refractivity contribution in [3.05, 3.63) is 48.0 Å². The molecule has 0 bridgehead atoms. The number of hydrogen-bond acceptors (Lipinski definition) is 3. The number of hydrogen-bond donors (Lipinski definition) is 1. The van der Waals surface area contributed by atoms with E-state index >= 15 is 0 Å². The van der Waals surface area contributed by atoms with Crippen LogP contribution in [0.1, 0.15) is 12.5 Å². The number of halogens is 1. The summed E-state index contributed by atoms with van der Waals surface area (Å²) in [5, 5.41) is 0. The minimum Gasteiger partial charge on any atom is -0.328 e. The topological polar surface area (TPSA) is 51.8 Å². The van der Waals surface area contributed by atoms with E-state index in [9.17, 15) is 4.39 Å². The van der Waals surface area contributed by atoms with Gasteiger partial charge < -0.3 is 5.73 Å². The van der Waals surface area contributed by atoms with Gasteiger partial charge in [0.1, 0.15) is 5.82 Å². The van der Waals surface area contributed by atoms with Gasteiger partial charge in [-0.3, -0.25) is 0 Å². The fourth-order valence-electron chi connectivity index (χ4n) is 1.61. The summed E-state index contributed by atoms with van der Waals surface area (Å²) in [6, 6.07) is 6.32. The number of benzene rings is 1. The first kappa shape index (κ1) is 11.7. The molecule has 0 fully saturated rings. The molecule has 1 heterocycles. The van der Waals surface area contributed by atoms with Crippen LogP contribution in [0.2, 0.25) is 0 Å². The third-order valence-corrected chi connectivity index (χ3v) is 2.35. The van der Waals surface area contributed by atoms with Crippen LogP contribution >= 0.6 is 0 Å². The zero-order valence-electron chi connectivity index (χ0n) is 9.60. The van der Waals surface area contributed by atoms with E-state index in [1.165, 1.54) is 12.1 Å². The first-order valence-corrected chi connectivity index (χ1v) is 5.47. The molecule has 17 heavy (non-hydrogen) atoms. The summed E-state index contributed by atoms with van der Waals surface area (Å²) < 4.78 is 13.0. The SMILES string of the molecule is CC(N)Cc1cnc(-c2cccc(F)c2)nc1. The number of rotatable bonds is 3. The number of nitrogens with two attached hydrogens (primary N) is 1. The van der Waals surface area contributed by atoms with Crippen LogP contribution in [0.25, 0.3) is 11.4 Å². The lowest BCUT2D eigenvalue weighted by Crippen LogP contribution is -2.18. The molecular weight excluding hydrogens is 217 g/mol. The van der Waals surface area contributed by atoms with Gasteiger partial charge in [-0.25, -0.2) is 14.4 Å². The maximum absolute atomic E-state index is 13.0. The fourth-order valence-corrected chi connectivity index (χ4v) is 1.61. The van der Waals surface area contributed by atoms with E-state index in [0.717, 1.165) is 12.0 Å². The van der Waals surface area contributed by atoms with Gasteiger partial charge in [-0.05, 0) is 31.0 Å². The third kappa shape index (κ3) is 3.07. The monoisotopic (exact) mass is 231 g/mol. The standard InChI is InChI=1S/C13H14FN3/c1-9(15)5-10-7-16-13(17-8-10)11-3-2-4-12(14)6-11/h2-4,6-9H,5,15H2,1H3. The molecule has 0 aliphatic heterocycles. The van der Waals surface area contributed by atoms with Crippen LogP contribution < -0.4 is 5.73 Å². The van der Waals surface area contributed by atoms with Crippen molar-refractivity contribution < 1.29 is 4.39 Å². The maximum Gasteiger partial charge on any atom is 0.159 e. The highest BCUT2D eigenvalue weighted by Gasteiger charge is 2.03. The summed E-state index contributed by atoms with van der Waals surface area (Å²) in [5.74, 6) is 0.240. The predicted octanol–water partition coefficient (Wildman–Crippen LogP) is 2.17. The summed E-state index contributed by atoms with van der Waals surface area (Å²) in [4.78, 5) is 8.42. The quantitative estimate of drug-likeness (QED) is 0.880. The molecule has 1 aromatic heterocycles. The summed E-state index contributed by atoms with van der Waals surface area (Å²) in [5.41, 5.74) is 7.35. The molecule has 0 aliphatic rings. The van der Waals surface area contributed by atoms with E-state index in [1.54, 1.807) is 24.5 Å². The largest absolute Gasteiger partial charge is 0.328 e. The Kier molecular flexibility index (Phi) is 3.44. The number of nitrogens with zero attached hydrogens (tertiary/aromatic N) is 2. The van der Waals surface area contributed by atoms with Gasteiger partial charge in [-0.1, -0.05) is 12.1 Å². The van der Waals surface area contributed by atoms with Gasteiger partial charge in [0, 0.05) is 24.0 Å². The third-order valence-electron chi connectivity index (χ3n) is 2.35. The van der Waals surface area contributed by atoms with Crippen molar-refractivity contribution in [1.29, 1.82) is 0 Å². The van der Waals surface area contributed by atoms with E-state index in [0.29, 0.717) is 11.4 Å². The van der Waals surface area contributed by atoms with Crippen molar-refractivity contribution in [3.63, 3.8) is 0 Å². The average molecular weight is 231 g/mol. The Morgan fingerprint density at radius 3 is 2.59 bits per heavy atom. The first-order valence-electron chi connectivity index (χ1n) is 5.47. The molecule has 2 N–H and O–H groups in total. The Hall–Kier alpha value is -1.81. The van der Waals surface area contributed by atoms with E-state index in [-0.39, 0.29) is 11.9 Å². The zero-order valence-corrected chi connectivity index (χ0v) is 9.60. The van der Waals surface area contributed by atoms with E-state index in [4.69, 9.17) is 5.73 Å². The Balaban J connectivity index is 2.23. The zero-order chi connectivity index (χ0) is 12.3. The van der Waals surface area contributed by atoms with Crippen molar-refractivity contribution in [2.24, 2.45) is 5.73 Å². The van der Waals surface area contributed by atoms with E-state index < -0.39 is 0 Å². The van der Waals surface area contributed by atoms with Gasteiger partial charge in [-0.15, -0.1) is 0 Å². The molecule has 1 atom stereocenters. The van der Waals surface area contributed by atoms with Crippen molar-refractivity contribution in [3.8, 4) is 11.4 Å². The van der Waals surface area contributed by atoms with Gasteiger partial charge in [-0.2, -0.15) is 0 Å². The highest BCUT2D eigenvalue weighted by atomic mass is 19.1. The molecule has 4 heteroatoms. The van der Waals surface area contributed by atoms with E-state index in [2.05, 4.69) is 9.97 Å². The molecule has 2 rings (SSSR count). The molecule has 0 aliphatic carbocycles. The Morgan fingerprint density at radius 2 is 2.00 bits per heavy atom. The smallest absolute Gasteiger partial charge is 0.159 e. The van der Waals surface area contributed by atoms with Gasteiger partial charge in [0.05, 0.1) is 0 Å². The highest BCUT2D eigenvalue weighted by Crippen LogP contribution is 2.15. The highest BCUT2D eigenvalue weighted by molar-refractivity contribution is 5.54. The van der Waals surface area contributed by atoms with Gasteiger partial charge in [0.15, 0.2) is 5.82 Å². The second kappa shape index (κ2) is 5.01. The molecule has 0 saturated carbocycles. The summed E-state index contributed by atoms with van der Waals surface area (Å²) in [6.45, 7) is 1.93. The molecule has 0 spiro atoms. The van der Waals surface area contributed by atoms with Gasteiger partial charge in [0.25, 0.3) is 0 Å². The lowest BCUT2D eigenvalue weighted by atomic mass is 10.1. The predicted molar refractivity (Wildman–Crippen MR) is 64.8 cm³/mol. The molecule has 0 saturated heterocycles. The number of aromatic nitrogens is 2. The van der Waals surface area contributed by atoms with Crippen LogP contribution in [-0.4, -0.2) is 16.0 Å². The lowest BCUT2D eigenvalue weighted by Gasteiger charge is -2.05. The van der Waals surface area contributed by atoms with Crippen LogP contribution in [0, 0.1) is 5.82 Å². The Morgan fingerprint density at radius 1 is 1.29 bits per heavy atom. The average Bonchev–Trinajstić information content (AvgIpc) is 2.29. The minimum atomic E-state index is -0.286. The fraction of sp³-hybridized carbons (Fsp3) is 0.231. The van der Waals surface area contributed by atoms with E-state index in [1.807, 2.05) is 6.92 Å². The molecule has 0 amide bonds. The van der Waals surface area contributed by atoms with Crippen molar-refractivity contribution >= 4 is 0 Å². The molecule has 2 aromatic rings. The van der Waals surface area contributed by atoms with Crippen LogP contribution in [-0.2, 0) is 6.42 Å². The Bertz CT molecular complexity index is 494. The Labute approximate surface area is 99.5 Å². The summed E-state index contributed by atoms with van der Waals surface area (Å²) in [6.07, 6.45) is 4.20.